The molecule has 2 aromatic heterocycles. The smallest absolute Gasteiger partial charge is 0.241 e. The van der Waals surface area contributed by atoms with Crippen molar-refractivity contribution in [2.75, 3.05) is 18.0 Å². The van der Waals surface area contributed by atoms with Gasteiger partial charge in [-0.3, -0.25) is 10.1 Å². The summed E-state index contributed by atoms with van der Waals surface area (Å²) in [4.78, 5) is 23.7. The molecule has 1 aliphatic heterocycles. The maximum atomic E-state index is 12.3. The van der Waals surface area contributed by atoms with Crippen LogP contribution in [0.15, 0.2) is 48.5 Å². The van der Waals surface area contributed by atoms with E-state index < -0.39 is 5.54 Å². The average molecular weight is 510 g/mol. The molecule has 2 aromatic carbocycles. The third-order valence-corrected chi connectivity index (χ3v) is 6.66. The number of carbonyl (C=O) groups is 1. The van der Waals surface area contributed by atoms with Gasteiger partial charge in [0.2, 0.25) is 11.9 Å². The number of halogens is 2. The molecular formula is C25H25Cl2N7O. The van der Waals surface area contributed by atoms with Gasteiger partial charge in [0.15, 0.2) is 5.65 Å². The Morgan fingerprint density at radius 1 is 1.09 bits per heavy atom. The van der Waals surface area contributed by atoms with Crippen molar-refractivity contribution in [1.29, 1.82) is 0 Å². The summed E-state index contributed by atoms with van der Waals surface area (Å²) in [5, 5.41) is 9.47. The molecule has 0 atom stereocenters. The number of aryl methyl sites for hydroxylation is 1. The number of hydrogen-bond acceptors (Lipinski definition) is 6. The van der Waals surface area contributed by atoms with Crippen LogP contribution in [-0.2, 0) is 4.79 Å². The van der Waals surface area contributed by atoms with Crippen LogP contribution in [0.3, 0.4) is 0 Å². The topological polar surface area (TPSA) is 101 Å². The first-order chi connectivity index (χ1) is 16.7. The highest BCUT2D eigenvalue weighted by molar-refractivity contribution is 6.33. The van der Waals surface area contributed by atoms with Gasteiger partial charge in [0.25, 0.3) is 0 Å². The lowest BCUT2D eigenvalue weighted by atomic mass is 9.88. The quantitative estimate of drug-likeness (QED) is 0.405. The Morgan fingerprint density at radius 2 is 1.77 bits per heavy atom. The number of anilines is 1. The fourth-order valence-electron chi connectivity index (χ4n) is 4.57. The van der Waals surface area contributed by atoms with E-state index in [1.54, 1.807) is 4.52 Å². The minimum absolute atomic E-state index is 0.102. The number of hydrogen-bond donors (Lipinski definition) is 2. The van der Waals surface area contributed by atoms with Gasteiger partial charge in [0, 0.05) is 29.7 Å². The summed E-state index contributed by atoms with van der Waals surface area (Å²) in [6, 6.07) is 15.2. The standard InChI is InChI=1S/C25H25Cl2N7O/c1-14(2)31-25(23(28)35)12-33(13-25)24-30-15(3)29-22-20(16-8-10-17(26)11-9-16)21(32-34(22)24)18-6-4-5-7-19(18)27/h4-11,14,31H,12-13H2,1-3H3,(H2,28,35). The van der Waals surface area contributed by atoms with E-state index in [0.717, 1.165) is 16.7 Å². The maximum Gasteiger partial charge on any atom is 0.241 e. The van der Waals surface area contributed by atoms with E-state index in [2.05, 4.69) is 10.3 Å². The number of fused-ring (bicyclic) bond motifs is 1. The highest BCUT2D eigenvalue weighted by Gasteiger charge is 2.49. The van der Waals surface area contributed by atoms with Gasteiger partial charge in [-0.25, -0.2) is 4.98 Å². The summed E-state index contributed by atoms with van der Waals surface area (Å²) in [5.74, 6) is 0.786. The Bertz CT molecular complexity index is 1430. The van der Waals surface area contributed by atoms with E-state index in [1.807, 2.05) is 74.2 Å². The zero-order chi connectivity index (χ0) is 24.9. The van der Waals surface area contributed by atoms with E-state index in [0.29, 0.717) is 46.2 Å². The Balaban J connectivity index is 1.70. The van der Waals surface area contributed by atoms with Gasteiger partial charge in [-0.15, -0.1) is 0 Å². The number of nitrogens with zero attached hydrogens (tertiary/aromatic N) is 5. The highest BCUT2D eigenvalue weighted by Crippen LogP contribution is 2.39. The maximum absolute atomic E-state index is 12.3. The van der Waals surface area contributed by atoms with Crippen molar-refractivity contribution in [2.24, 2.45) is 5.73 Å². The molecule has 1 amide bonds. The van der Waals surface area contributed by atoms with E-state index in [4.69, 9.17) is 39.0 Å². The van der Waals surface area contributed by atoms with Crippen molar-refractivity contribution >= 4 is 40.7 Å². The van der Waals surface area contributed by atoms with Crippen LogP contribution < -0.4 is 16.0 Å². The summed E-state index contributed by atoms with van der Waals surface area (Å²) < 4.78 is 1.72. The van der Waals surface area contributed by atoms with Crippen molar-refractivity contribution in [1.82, 2.24) is 24.9 Å². The molecule has 3 N–H and O–H groups in total. The van der Waals surface area contributed by atoms with Crippen molar-refractivity contribution in [2.45, 2.75) is 32.4 Å². The number of rotatable bonds is 6. The monoisotopic (exact) mass is 509 g/mol. The summed E-state index contributed by atoms with van der Waals surface area (Å²) in [6.07, 6.45) is 0. The molecule has 0 saturated carbocycles. The highest BCUT2D eigenvalue weighted by atomic mass is 35.5. The molecule has 4 aromatic rings. The zero-order valence-corrected chi connectivity index (χ0v) is 21.1. The number of benzene rings is 2. The number of amides is 1. The SMILES string of the molecule is Cc1nc(N2CC(NC(C)C)(C(N)=O)C2)n2nc(-c3ccccc3Cl)c(-c3ccc(Cl)cc3)c2n1. The summed E-state index contributed by atoms with van der Waals surface area (Å²) in [5.41, 5.74) is 8.77. The van der Waals surface area contributed by atoms with Gasteiger partial charge in [0.05, 0.1) is 10.6 Å². The molecule has 0 spiro atoms. The molecule has 0 bridgehead atoms. The van der Waals surface area contributed by atoms with Crippen molar-refractivity contribution in [3.63, 3.8) is 0 Å². The van der Waals surface area contributed by atoms with E-state index in [1.165, 1.54) is 0 Å². The summed E-state index contributed by atoms with van der Waals surface area (Å²) in [6.45, 7) is 6.57. The molecule has 0 unspecified atom stereocenters. The number of nitrogens with one attached hydrogen (secondary N) is 1. The number of aromatic nitrogens is 4. The first-order valence-electron chi connectivity index (χ1n) is 11.3. The molecule has 8 nitrogen and oxygen atoms in total. The van der Waals surface area contributed by atoms with Gasteiger partial charge in [-0.1, -0.05) is 53.5 Å². The number of carbonyl (C=O) groups excluding carboxylic acids is 1. The third-order valence-electron chi connectivity index (χ3n) is 6.08. The molecule has 180 valence electrons. The van der Waals surface area contributed by atoms with E-state index >= 15 is 0 Å². The lowest BCUT2D eigenvalue weighted by Crippen LogP contribution is -2.76. The molecule has 5 rings (SSSR count). The second-order valence-electron chi connectivity index (χ2n) is 9.12. The van der Waals surface area contributed by atoms with Crippen LogP contribution in [0.25, 0.3) is 28.0 Å². The van der Waals surface area contributed by atoms with Crippen LogP contribution in [0.5, 0.6) is 0 Å². The fraction of sp³-hybridized carbons (Fsp3) is 0.280. The van der Waals surface area contributed by atoms with Crippen LogP contribution in [-0.4, -0.2) is 50.2 Å². The fourth-order valence-corrected chi connectivity index (χ4v) is 4.92. The molecule has 10 heteroatoms. The molecule has 1 saturated heterocycles. The van der Waals surface area contributed by atoms with Crippen LogP contribution in [0.1, 0.15) is 19.7 Å². The predicted molar refractivity (Wildman–Crippen MR) is 139 cm³/mol. The largest absolute Gasteiger partial charge is 0.368 e. The third kappa shape index (κ3) is 4.11. The molecule has 3 heterocycles. The Hall–Kier alpha value is -3.20. The van der Waals surface area contributed by atoms with Crippen LogP contribution >= 0.6 is 23.2 Å². The molecular weight excluding hydrogens is 485 g/mol. The zero-order valence-electron chi connectivity index (χ0n) is 19.6. The second kappa shape index (κ2) is 8.78. The lowest BCUT2D eigenvalue weighted by Gasteiger charge is -2.49. The Labute approximate surface area is 213 Å². The Kier molecular flexibility index (Phi) is 5.91. The van der Waals surface area contributed by atoms with Crippen molar-refractivity contribution < 1.29 is 4.79 Å². The summed E-state index contributed by atoms with van der Waals surface area (Å²) >= 11 is 12.7. The lowest BCUT2D eigenvalue weighted by molar-refractivity contribution is -0.125. The Morgan fingerprint density at radius 3 is 2.40 bits per heavy atom. The molecule has 1 fully saturated rings. The van der Waals surface area contributed by atoms with Crippen LogP contribution in [0, 0.1) is 6.92 Å². The second-order valence-corrected chi connectivity index (χ2v) is 9.96. The van der Waals surface area contributed by atoms with Crippen molar-refractivity contribution in [3.8, 4) is 22.4 Å². The number of nitrogens with two attached hydrogens (primary N) is 1. The minimum Gasteiger partial charge on any atom is -0.368 e. The van der Waals surface area contributed by atoms with Gasteiger partial charge in [-0.2, -0.15) is 14.6 Å². The predicted octanol–water partition coefficient (Wildman–Crippen LogP) is 4.12. The van der Waals surface area contributed by atoms with Gasteiger partial charge < -0.3 is 10.6 Å². The molecule has 35 heavy (non-hydrogen) atoms. The van der Waals surface area contributed by atoms with Gasteiger partial charge in [0.1, 0.15) is 17.1 Å². The first kappa shape index (κ1) is 23.5. The summed E-state index contributed by atoms with van der Waals surface area (Å²) in [7, 11) is 0. The van der Waals surface area contributed by atoms with Gasteiger partial charge in [-0.05, 0) is 44.5 Å². The van der Waals surface area contributed by atoms with Crippen molar-refractivity contribution in [3.05, 3.63) is 64.4 Å². The molecule has 1 aliphatic rings. The van der Waals surface area contributed by atoms with Crippen LogP contribution in [0.2, 0.25) is 10.0 Å². The van der Waals surface area contributed by atoms with Gasteiger partial charge >= 0.3 is 0 Å². The molecule has 0 radical (unpaired) electrons. The number of primary amides is 1. The normalized spacial score (nSPS) is 15.0. The minimum atomic E-state index is -0.822. The van der Waals surface area contributed by atoms with E-state index in [-0.39, 0.29) is 11.9 Å². The molecule has 0 aliphatic carbocycles. The average Bonchev–Trinajstić information content (AvgIpc) is 3.15. The van der Waals surface area contributed by atoms with E-state index in [9.17, 15) is 4.79 Å². The first-order valence-corrected chi connectivity index (χ1v) is 12.0. The van der Waals surface area contributed by atoms with Crippen LogP contribution in [0.4, 0.5) is 5.95 Å².